The van der Waals surface area contributed by atoms with E-state index in [9.17, 15) is 10.1 Å². The molecule has 19 heavy (non-hydrogen) atoms. The number of amides is 1. The monoisotopic (exact) mass is 404 g/mol. The van der Waals surface area contributed by atoms with E-state index < -0.39 is 5.54 Å². The lowest BCUT2D eigenvalue weighted by Crippen LogP contribution is -2.49. The van der Waals surface area contributed by atoms with Crippen molar-refractivity contribution in [3.05, 3.63) is 19.2 Å². The summed E-state index contributed by atoms with van der Waals surface area (Å²) in [5.74, 6) is 0.482. The van der Waals surface area contributed by atoms with Gasteiger partial charge >= 0.3 is 0 Å². The van der Waals surface area contributed by atoms with Crippen LogP contribution in [0.25, 0.3) is 0 Å². The molecule has 1 aromatic heterocycles. The lowest BCUT2D eigenvalue weighted by Gasteiger charge is -2.34. The number of carbonyl (C=O) groups excluding carboxylic acids is 1. The predicted molar refractivity (Wildman–Crippen MR) is 83.2 cm³/mol. The summed E-state index contributed by atoms with van der Waals surface area (Å²) in [7, 11) is 0. The van der Waals surface area contributed by atoms with Gasteiger partial charge in [0.05, 0.1) is 14.7 Å². The lowest BCUT2D eigenvalue weighted by molar-refractivity contribution is 0.0898. The van der Waals surface area contributed by atoms with Gasteiger partial charge in [0.15, 0.2) is 0 Å². The summed E-state index contributed by atoms with van der Waals surface area (Å²) in [5, 5.41) is 12.3. The van der Waals surface area contributed by atoms with Gasteiger partial charge in [0.2, 0.25) is 0 Å². The smallest absolute Gasteiger partial charge is 0.262 e. The van der Waals surface area contributed by atoms with Gasteiger partial charge in [-0.15, -0.1) is 11.3 Å². The number of nitrogens with one attached hydrogen (secondary N) is 1. The minimum absolute atomic E-state index is 0.160. The molecule has 0 radical (unpaired) electrons. The van der Waals surface area contributed by atoms with Crippen molar-refractivity contribution < 1.29 is 4.79 Å². The van der Waals surface area contributed by atoms with Crippen molar-refractivity contribution in [1.82, 2.24) is 5.32 Å². The van der Waals surface area contributed by atoms with Gasteiger partial charge in [-0.1, -0.05) is 6.92 Å². The summed E-state index contributed by atoms with van der Waals surface area (Å²) in [6.07, 6.45) is 3.46. The second-order valence-corrected chi connectivity index (χ2v) is 8.29. The molecule has 102 valence electrons. The summed E-state index contributed by atoms with van der Waals surface area (Å²) >= 11 is 8.11. The van der Waals surface area contributed by atoms with Gasteiger partial charge in [0.1, 0.15) is 5.54 Å². The van der Waals surface area contributed by atoms with Gasteiger partial charge in [-0.05, 0) is 69.5 Å². The average molecular weight is 406 g/mol. The van der Waals surface area contributed by atoms with Crippen LogP contribution in [0.15, 0.2) is 14.3 Å². The molecule has 1 heterocycles. The van der Waals surface area contributed by atoms with Gasteiger partial charge in [-0.3, -0.25) is 4.79 Å². The number of hydrogen-bond acceptors (Lipinski definition) is 3. The topological polar surface area (TPSA) is 52.9 Å². The van der Waals surface area contributed by atoms with Crippen LogP contribution >= 0.6 is 43.2 Å². The van der Waals surface area contributed by atoms with E-state index in [-0.39, 0.29) is 5.91 Å². The van der Waals surface area contributed by atoms with Gasteiger partial charge in [-0.25, -0.2) is 0 Å². The molecule has 0 spiro atoms. The molecule has 0 saturated heterocycles. The second kappa shape index (κ2) is 5.94. The summed E-state index contributed by atoms with van der Waals surface area (Å²) in [6.45, 7) is 2.19. The minimum Gasteiger partial charge on any atom is -0.333 e. The number of thiophene rings is 1. The number of halogens is 2. The first kappa shape index (κ1) is 15.0. The van der Waals surface area contributed by atoms with Crippen molar-refractivity contribution in [2.24, 2.45) is 5.92 Å². The van der Waals surface area contributed by atoms with Crippen LogP contribution in [0.5, 0.6) is 0 Å². The molecular formula is C13H14Br2N2OS. The fourth-order valence-corrected chi connectivity index (χ4v) is 4.19. The molecule has 1 aliphatic carbocycles. The van der Waals surface area contributed by atoms with Crippen molar-refractivity contribution >= 4 is 49.1 Å². The van der Waals surface area contributed by atoms with Crippen LogP contribution in [0, 0.1) is 17.2 Å². The lowest BCUT2D eigenvalue weighted by atomic mass is 9.78. The summed E-state index contributed by atoms with van der Waals surface area (Å²) in [4.78, 5) is 12.8. The fourth-order valence-electron chi connectivity index (χ4n) is 2.26. The number of carbonyl (C=O) groups is 1. The van der Waals surface area contributed by atoms with E-state index in [1.807, 2.05) is 0 Å². The van der Waals surface area contributed by atoms with E-state index in [4.69, 9.17) is 0 Å². The normalized spacial score (nSPS) is 26.7. The molecular weight excluding hydrogens is 392 g/mol. The van der Waals surface area contributed by atoms with E-state index >= 15 is 0 Å². The zero-order valence-electron chi connectivity index (χ0n) is 10.5. The maximum Gasteiger partial charge on any atom is 0.262 e. The van der Waals surface area contributed by atoms with Gasteiger partial charge in [0, 0.05) is 4.47 Å². The summed E-state index contributed by atoms with van der Waals surface area (Å²) < 4.78 is 1.76. The van der Waals surface area contributed by atoms with Gasteiger partial charge < -0.3 is 5.32 Å². The molecule has 0 atom stereocenters. The van der Waals surface area contributed by atoms with Crippen molar-refractivity contribution in [2.45, 2.75) is 38.1 Å². The molecule has 0 bridgehead atoms. The first-order chi connectivity index (χ1) is 8.96. The molecule has 1 saturated carbocycles. The molecule has 3 nitrogen and oxygen atoms in total. The number of rotatable bonds is 2. The molecule has 0 unspecified atom stereocenters. The van der Waals surface area contributed by atoms with Crippen LogP contribution in [-0.4, -0.2) is 11.4 Å². The highest BCUT2D eigenvalue weighted by Crippen LogP contribution is 2.34. The average Bonchev–Trinajstić information content (AvgIpc) is 2.73. The highest BCUT2D eigenvalue weighted by Gasteiger charge is 2.36. The number of nitriles is 1. The summed E-state index contributed by atoms with van der Waals surface area (Å²) in [5.41, 5.74) is -0.688. The molecule has 0 aliphatic heterocycles. The second-order valence-electron chi connectivity index (χ2n) is 5.06. The van der Waals surface area contributed by atoms with E-state index in [1.54, 1.807) is 6.07 Å². The first-order valence-electron chi connectivity index (χ1n) is 6.14. The predicted octanol–water partition coefficient (Wildman–Crippen LogP) is 4.48. The maximum atomic E-state index is 12.2. The third kappa shape index (κ3) is 3.39. The van der Waals surface area contributed by atoms with E-state index in [2.05, 4.69) is 50.2 Å². The highest BCUT2D eigenvalue weighted by atomic mass is 79.9. The molecule has 1 fully saturated rings. The molecule has 1 amide bonds. The molecule has 2 rings (SSSR count). The van der Waals surface area contributed by atoms with E-state index in [0.29, 0.717) is 10.8 Å². The third-order valence-corrected chi connectivity index (χ3v) is 6.82. The molecule has 1 aliphatic rings. The zero-order chi connectivity index (χ0) is 14.0. The number of hydrogen-bond donors (Lipinski definition) is 1. The van der Waals surface area contributed by atoms with Gasteiger partial charge in [-0.2, -0.15) is 5.26 Å². The minimum atomic E-state index is -0.688. The highest BCUT2D eigenvalue weighted by molar-refractivity contribution is 9.13. The Labute approximate surface area is 133 Å². The molecule has 1 aromatic rings. The van der Waals surface area contributed by atoms with Crippen LogP contribution in [0.2, 0.25) is 0 Å². The Morgan fingerprint density at radius 3 is 2.63 bits per heavy atom. The SMILES string of the molecule is CC1CCC(C#N)(NC(=O)c2cc(Br)c(Br)s2)CC1. The number of nitrogens with zero attached hydrogens (tertiary/aromatic N) is 1. The van der Waals surface area contributed by atoms with Gasteiger partial charge in [0.25, 0.3) is 5.91 Å². The van der Waals surface area contributed by atoms with Crippen molar-refractivity contribution in [3.8, 4) is 6.07 Å². The molecule has 1 N–H and O–H groups in total. The Hall–Kier alpha value is -0.380. The quantitative estimate of drug-likeness (QED) is 0.788. The maximum absolute atomic E-state index is 12.2. The third-order valence-electron chi connectivity index (χ3n) is 3.56. The Kier molecular flexibility index (Phi) is 4.70. The van der Waals surface area contributed by atoms with Crippen LogP contribution < -0.4 is 5.32 Å². The van der Waals surface area contributed by atoms with Crippen molar-refractivity contribution in [2.75, 3.05) is 0 Å². The Bertz CT molecular complexity index is 508. The first-order valence-corrected chi connectivity index (χ1v) is 8.54. The van der Waals surface area contributed by atoms with Crippen LogP contribution in [0.4, 0.5) is 0 Å². The molecule has 0 aromatic carbocycles. The Morgan fingerprint density at radius 1 is 1.53 bits per heavy atom. The fraction of sp³-hybridized carbons (Fsp3) is 0.538. The van der Waals surface area contributed by atoms with Crippen LogP contribution in [-0.2, 0) is 0 Å². The summed E-state index contributed by atoms with van der Waals surface area (Å²) in [6, 6.07) is 4.09. The van der Waals surface area contributed by atoms with Crippen LogP contribution in [0.1, 0.15) is 42.3 Å². The Balaban J connectivity index is 2.11. The largest absolute Gasteiger partial charge is 0.333 e. The van der Waals surface area contributed by atoms with E-state index in [0.717, 1.165) is 33.9 Å². The van der Waals surface area contributed by atoms with Crippen molar-refractivity contribution in [1.29, 1.82) is 5.26 Å². The zero-order valence-corrected chi connectivity index (χ0v) is 14.5. The molecule has 6 heteroatoms. The Morgan fingerprint density at radius 2 is 2.16 bits per heavy atom. The van der Waals surface area contributed by atoms with Crippen LogP contribution in [0.3, 0.4) is 0 Å². The van der Waals surface area contributed by atoms with E-state index in [1.165, 1.54) is 11.3 Å². The van der Waals surface area contributed by atoms with Crippen molar-refractivity contribution in [3.63, 3.8) is 0 Å². The standard InChI is InChI=1S/C13H14Br2N2OS/c1-8-2-4-13(7-16,5-3-8)17-12(18)10-6-9(14)11(15)19-10/h6,8H,2-5H2,1H3,(H,17,18).